The van der Waals surface area contributed by atoms with E-state index in [4.69, 9.17) is 14.5 Å². The molecule has 3 aliphatic rings. The highest BCUT2D eigenvalue weighted by Gasteiger charge is 2.34. The van der Waals surface area contributed by atoms with Gasteiger partial charge in [-0.15, -0.1) is 0 Å². The lowest BCUT2D eigenvalue weighted by Gasteiger charge is -2.15. The van der Waals surface area contributed by atoms with Crippen LogP contribution >= 0.6 is 0 Å². The number of likely N-dealkylation sites (tertiary alicyclic amines) is 1. The molecule has 144 valence electrons. The van der Waals surface area contributed by atoms with Crippen molar-refractivity contribution in [3.8, 4) is 0 Å². The van der Waals surface area contributed by atoms with E-state index in [1.165, 1.54) is 38.8 Å². The molecule has 3 fully saturated rings. The molecule has 2 N–H and O–H groups in total. The van der Waals surface area contributed by atoms with Gasteiger partial charge in [-0.25, -0.2) is 0 Å². The predicted molar refractivity (Wildman–Crippen MR) is 101 cm³/mol. The molecule has 2 atom stereocenters. The molecule has 6 heteroatoms. The Bertz CT molecular complexity index is 408. The van der Waals surface area contributed by atoms with Crippen LogP contribution in [0.25, 0.3) is 0 Å². The Morgan fingerprint density at radius 2 is 2.16 bits per heavy atom. The van der Waals surface area contributed by atoms with Crippen molar-refractivity contribution < 1.29 is 9.47 Å². The summed E-state index contributed by atoms with van der Waals surface area (Å²) in [5.74, 6) is 1.68. The molecular formula is C19H36N4O2. The zero-order valence-electron chi connectivity index (χ0n) is 15.8. The zero-order valence-corrected chi connectivity index (χ0v) is 15.8. The van der Waals surface area contributed by atoms with Crippen LogP contribution in [0.1, 0.15) is 45.4 Å². The number of aliphatic imine (C=N–C) groups is 1. The average Bonchev–Trinajstić information content (AvgIpc) is 3.14. The third kappa shape index (κ3) is 6.76. The molecule has 3 rings (SSSR count). The van der Waals surface area contributed by atoms with Crippen molar-refractivity contribution in [3.63, 3.8) is 0 Å². The number of ether oxygens (including phenoxy) is 2. The van der Waals surface area contributed by atoms with E-state index in [1.54, 1.807) is 0 Å². The van der Waals surface area contributed by atoms with Crippen molar-refractivity contribution in [1.29, 1.82) is 0 Å². The van der Waals surface area contributed by atoms with Crippen LogP contribution in [0.4, 0.5) is 0 Å². The topological polar surface area (TPSA) is 58.1 Å². The molecule has 0 aromatic rings. The molecule has 2 aliphatic heterocycles. The first-order chi connectivity index (χ1) is 12.3. The molecule has 0 aromatic heterocycles. The summed E-state index contributed by atoms with van der Waals surface area (Å²) in [6.45, 7) is 9.80. The van der Waals surface area contributed by atoms with E-state index >= 15 is 0 Å². The molecule has 0 amide bonds. The summed E-state index contributed by atoms with van der Waals surface area (Å²) in [4.78, 5) is 7.46. The Kier molecular flexibility index (Phi) is 7.82. The van der Waals surface area contributed by atoms with Gasteiger partial charge in [0.2, 0.25) is 0 Å². The molecule has 2 saturated heterocycles. The molecule has 1 aliphatic carbocycles. The van der Waals surface area contributed by atoms with Crippen LogP contribution in [0, 0.1) is 5.92 Å². The third-order valence-electron chi connectivity index (χ3n) is 5.32. The third-order valence-corrected chi connectivity index (χ3v) is 5.32. The maximum absolute atomic E-state index is 5.71. The first kappa shape index (κ1) is 18.9. The number of hydrogen-bond donors (Lipinski definition) is 2. The van der Waals surface area contributed by atoms with Gasteiger partial charge in [-0.05, 0) is 57.9 Å². The molecule has 2 heterocycles. The number of nitrogens with one attached hydrogen (secondary N) is 2. The van der Waals surface area contributed by atoms with Crippen LogP contribution in [0.3, 0.4) is 0 Å². The summed E-state index contributed by atoms with van der Waals surface area (Å²) in [5, 5.41) is 6.79. The summed E-state index contributed by atoms with van der Waals surface area (Å²) in [6, 6.07) is 0.898. The number of hydrogen-bond acceptors (Lipinski definition) is 4. The fourth-order valence-electron chi connectivity index (χ4n) is 3.72. The van der Waals surface area contributed by atoms with Gasteiger partial charge in [-0.2, -0.15) is 0 Å². The normalized spacial score (nSPS) is 27.8. The lowest BCUT2D eigenvalue weighted by molar-refractivity contribution is 0.0168. The predicted octanol–water partition coefficient (Wildman–Crippen LogP) is 1.61. The Hall–Kier alpha value is -0.850. The van der Waals surface area contributed by atoms with Crippen LogP contribution in [0.2, 0.25) is 0 Å². The van der Waals surface area contributed by atoms with Crippen molar-refractivity contribution in [1.82, 2.24) is 15.5 Å². The average molecular weight is 353 g/mol. The minimum atomic E-state index is 0.327. The quantitative estimate of drug-likeness (QED) is 0.355. The van der Waals surface area contributed by atoms with Gasteiger partial charge >= 0.3 is 0 Å². The van der Waals surface area contributed by atoms with Gasteiger partial charge < -0.3 is 25.0 Å². The second-order valence-electron chi connectivity index (χ2n) is 7.59. The van der Waals surface area contributed by atoms with Gasteiger partial charge in [0.15, 0.2) is 5.96 Å². The Balaban J connectivity index is 1.26. The number of nitrogens with zero attached hydrogens (tertiary/aromatic N) is 2. The highest BCUT2D eigenvalue weighted by molar-refractivity contribution is 5.79. The molecule has 0 radical (unpaired) electrons. The van der Waals surface area contributed by atoms with Gasteiger partial charge in [0.1, 0.15) is 0 Å². The summed E-state index contributed by atoms with van der Waals surface area (Å²) < 4.78 is 11.3. The second kappa shape index (κ2) is 10.3. The largest absolute Gasteiger partial charge is 0.379 e. The highest BCUT2D eigenvalue weighted by atomic mass is 16.5. The van der Waals surface area contributed by atoms with Crippen LogP contribution in [0.5, 0.6) is 0 Å². The van der Waals surface area contributed by atoms with Gasteiger partial charge in [0.25, 0.3) is 0 Å². The fourth-order valence-corrected chi connectivity index (χ4v) is 3.72. The first-order valence-electron chi connectivity index (χ1n) is 10.3. The fraction of sp³-hybridized carbons (Fsp3) is 0.947. The molecular weight excluding hydrogens is 316 g/mol. The Morgan fingerprint density at radius 3 is 2.92 bits per heavy atom. The van der Waals surface area contributed by atoms with Crippen molar-refractivity contribution >= 4 is 5.96 Å². The van der Waals surface area contributed by atoms with Crippen LogP contribution in [0.15, 0.2) is 4.99 Å². The van der Waals surface area contributed by atoms with Crippen LogP contribution in [-0.4, -0.2) is 75.5 Å². The first-order valence-corrected chi connectivity index (χ1v) is 10.3. The lowest BCUT2D eigenvalue weighted by Crippen LogP contribution is -2.38. The highest BCUT2D eigenvalue weighted by Crippen LogP contribution is 2.31. The summed E-state index contributed by atoms with van der Waals surface area (Å²) >= 11 is 0. The van der Waals surface area contributed by atoms with Crippen LogP contribution in [-0.2, 0) is 9.47 Å². The second-order valence-corrected chi connectivity index (χ2v) is 7.59. The molecule has 6 nitrogen and oxygen atoms in total. The van der Waals surface area contributed by atoms with E-state index in [9.17, 15) is 0 Å². The number of rotatable bonds is 10. The minimum absolute atomic E-state index is 0.327. The van der Waals surface area contributed by atoms with Crippen molar-refractivity contribution in [2.75, 3.05) is 52.5 Å². The summed E-state index contributed by atoms with van der Waals surface area (Å²) in [6.07, 6.45) is 7.77. The molecule has 0 aromatic carbocycles. The van der Waals surface area contributed by atoms with E-state index in [2.05, 4.69) is 22.5 Å². The Labute approximate surface area is 152 Å². The van der Waals surface area contributed by atoms with Crippen molar-refractivity contribution in [2.45, 2.75) is 57.6 Å². The molecule has 0 spiro atoms. The molecule has 2 unspecified atom stereocenters. The summed E-state index contributed by atoms with van der Waals surface area (Å²) in [7, 11) is 0. The molecule has 0 bridgehead atoms. The maximum atomic E-state index is 5.71. The molecule has 1 saturated carbocycles. The lowest BCUT2D eigenvalue weighted by atomic mass is 10.1. The van der Waals surface area contributed by atoms with Gasteiger partial charge in [0.05, 0.1) is 12.7 Å². The summed E-state index contributed by atoms with van der Waals surface area (Å²) in [5.41, 5.74) is 0. The van der Waals surface area contributed by atoms with Gasteiger partial charge in [-0.1, -0.05) is 0 Å². The Morgan fingerprint density at radius 1 is 1.24 bits per heavy atom. The van der Waals surface area contributed by atoms with Crippen LogP contribution < -0.4 is 10.6 Å². The van der Waals surface area contributed by atoms with E-state index in [0.717, 1.165) is 70.2 Å². The van der Waals surface area contributed by atoms with E-state index < -0.39 is 0 Å². The van der Waals surface area contributed by atoms with E-state index in [1.807, 2.05) is 0 Å². The van der Waals surface area contributed by atoms with E-state index in [-0.39, 0.29) is 0 Å². The van der Waals surface area contributed by atoms with E-state index in [0.29, 0.717) is 6.10 Å². The monoisotopic (exact) mass is 352 g/mol. The molecule has 25 heavy (non-hydrogen) atoms. The maximum Gasteiger partial charge on any atom is 0.191 e. The number of guanidine groups is 1. The minimum Gasteiger partial charge on any atom is -0.379 e. The smallest absolute Gasteiger partial charge is 0.191 e. The SMILES string of the molecule is CCNC(=NCC1CCN(C2CC2)C1)NCCCOCC1CCCO1. The van der Waals surface area contributed by atoms with Crippen molar-refractivity contribution in [3.05, 3.63) is 0 Å². The van der Waals surface area contributed by atoms with Gasteiger partial charge in [-0.3, -0.25) is 4.99 Å². The van der Waals surface area contributed by atoms with Crippen molar-refractivity contribution in [2.24, 2.45) is 10.9 Å². The van der Waals surface area contributed by atoms with Gasteiger partial charge in [0, 0.05) is 45.4 Å². The standard InChI is InChI=1S/C19H36N4O2/c1-2-20-19(21-9-4-11-24-15-18-5-3-12-25-18)22-13-16-8-10-23(14-16)17-6-7-17/h16-18H,2-15H2,1H3,(H2,20,21,22). The zero-order chi connectivity index (χ0) is 17.3.